The number of benzene rings is 1. The molecule has 0 spiro atoms. The molecule has 4 heteroatoms. The van der Waals surface area contributed by atoms with Crippen LogP contribution in [0.5, 0.6) is 0 Å². The lowest BCUT2D eigenvalue weighted by Gasteiger charge is -2.30. The van der Waals surface area contributed by atoms with Gasteiger partial charge >= 0.3 is 0 Å². The molecule has 1 aromatic carbocycles. The van der Waals surface area contributed by atoms with Gasteiger partial charge in [0.1, 0.15) is 5.82 Å². The summed E-state index contributed by atoms with van der Waals surface area (Å²) in [4.78, 5) is 11.3. The Kier molecular flexibility index (Phi) is 2.92. The van der Waals surface area contributed by atoms with Crippen molar-refractivity contribution in [3.05, 3.63) is 35.1 Å². The second-order valence-electron chi connectivity index (χ2n) is 4.27. The minimum Gasteiger partial charge on any atom is -0.348 e. The Morgan fingerprint density at radius 3 is 3.00 bits per heavy atom. The number of rotatable bonds is 1. The fourth-order valence-electron chi connectivity index (χ4n) is 2.03. The maximum atomic E-state index is 13.6. The van der Waals surface area contributed by atoms with E-state index in [1.165, 1.54) is 6.07 Å². The Morgan fingerprint density at radius 1 is 1.50 bits per heavy atom. The van der Waals surface area contributed by atoms with Gasteiger partial charge in [-0.25, -0.2) is 4.39 Å². The molecular formula is C12H15FN2O. The Balaban J connectivity index is 2.34. The number of nitrogens with one attached hydrogen (secondary N) is 1. The van der Waals surface area contributed by atoms with E-state index in [4.69, 9.17) is 5.73 Å². The number of halogens is 1. The van der Waals surface area contributed by atoms with Crippen LogP contribution in [-0.4, -0.2) is 11.9 Å². The Bertz CT molecular complexity index is 419. The summed E-state index contributed by atoms with van der Waals surface area (Å²) in [6.07, 6.45) is 1.02. The van der Waals surface area contributed by atoms with Crippen molar-refractivity contribution in [2.45, 2.75) is 31.8 Å². The molecule has 0 aliphatic carbocycles. The van der Waals surface area contributed by atoms with Crippen molar-refractivity contribution in [1.29, 1.82) is 0 Å². The SMILES string of the molecule is Cc1ccc(F)c(C2NC(=O)CCC2N)c1. The van der Waals surface area contributed by atoms with E-state index < -0.39 is 6.04 Å². The van der Waals surface area contributed by atoms with Crippen LogP contribution >= 0.6 is 0 Å². The van der Waals surface area contributed by atoms with Crippen molar-refractivity contribution in [1.82, 2.24) is 5.32 Å². The average Bonchev–Trinajstić information content (AvgIpc) is 2.25. The van der Waals surface area contributed by atoms with Crippen molar-refractivity contribution in [3.63, 3.8) is 0 Å². The maximum Gasteiger partial charge on any atom is 0.220 e. The largest absolute Gasteiger partial charge is 0.348 e. The molecule has 0 bridgehead atoms. The van der Waals surface area contributed by atoms with Crippen molar-refractivity contribution >= 4 is 5.91 Å². The van der Waals surface area contributed by atoms with Crippen molar-refractivity contribution in [2.75, 3.05) is 0 Å². The molecule has 0 saturated carbocycles. The standard InChI is InChI=1S/C12H15FN2O/c1-7-2-3-9(13)8(6-7)12-10(14)4-5-11(16)15-12/h2-3,6,10,12H,4-5,14H2,1H3,(H,15,16). The molecule has 1 aliphatic rings. The molecule has 1 heterocycles. The zero-order chi connectivity index (χ0) is 11.7. The van der Waals surface area contributed by atoms with E-state index in [0.717, 1.165) is 5.56 Å². The third-order valence-corrected chi connectivity index (χ3v) is 2.94. The summed E-state index contributed by atoms with van der Waals surface area (Å²) < 4.78 is 13.6. The number of aryl methyl sites for hydroxylation is 1. The van der Waals surface area contributed by atoms with E-state index in [-0.39, 0.29) is 17.8 Å². The molecule has 2 rings (SSSR count). The predicted molar refractivity (Wildman–Crippen MR) is 59.2 cm³/mol. The van der Waals surface area contributed by atoms with Crippen LogP contribution in [0.3, 0.4) is 0 Å². The lowest BCUT2D eigenvalue weighted by molar-refractivity contribution is -0.123. The average molecular weight is 222 g/mol. The normalized spacial score (nSPS) is 25.3. The summed E-state index contributed by atoms with van der Waals surface area (Å²) in [7, 11) is 0. The third kappa shape index (κ3) is 2.07. The summed E-state index contributed by atoms with van der Waals surface area (Å²) in [5.74, 6) is -0.374. The molecule has 2 atom stereocenters. The Labute approximate surface area is 93.8 Å². The zero-order valence-electron chi connectivity index (χ0n) is 9.16. The first-order chi connectivity index (χ1) is 7.58. The lowest BCUT2D eigenvalue weighted by atomic mass is 9.91. The highest BCUT2D eigenvalue weighted by Crippen LogP contribution is 2.25. The highest BCUT2D eigenvalue weighted by molar-refractivity contribution is 5.77. The van der Waals surface area contributed by atoms with Crippen LogP contribution in [-0.2, 0) is 4.79 Å². The van der Waals surface area contributed by atoms with Gasteiger partial charge in [0.25, 0.3) is 0 Å². The second-order valence-corrected chi connectivity index (χ2v) is 4.27. The molecule has 86 valence electrons. The first kappa shape index (κ1) is 11.1. The molecule has 0 aromatic heterocycles. The summed E-state index contributed by atoms with van der Waals surface area (Å²) in [6, 6.07) is 4.24. The monoisotopic (exact) mass is 222 g/mol. The van der Waals surface area contributed by atoms with Gasteiger partial charge < -0.3 is 11.1 Å². The summed E-state index contributed by atoms with van der Waals surface area (Å²) >= 11 is 0. The van der Waals surface area contributed by atoms with E-state index in [9.17, 15) is 9.18 Å². The first-order valence-electron chi connectivity index (χ1n) is 5.39. The van der Waals surface area contributed by atoms with Crippen LogP contribution in [0.1, 0.15) is 30.0 Å². The second kappa shape index (κ2) is 4.22. The number of nitrogens with two attached hydrogens (primary N) is 1. The van der Waals surface area contributed by atoms with Crippen molar-refractivity contribution in [3.8, 4) is 0 Å². The van der Waals surface area contributed by atoms with E-state index in [2.05, 4.69) is 5.32 Å². The van der Waals surface area contributed by atoms with Gasteiger partial charge in [0, 0.05) is 18.0 Å². The van der Waals surface area contributed by atoms with E-state index in [1.807, 2.05) is 6.92 Å². The molecule has 1 saturated heterocycles. The van der Waals surface area contributed by atoms with Crippen LogP contribution in [0.2, 0.25) is 0 Å². The molecule has 2 unspecified atom stereocenters. The van der Waals surface area contributed by atoms with E-state index in [0.29, 0.717) is 18.4 Å². The number of piperidine rings is 1. The molecule has 1 aliphatic heterocycles. The van der Waals surface area contributed by atoms with Crippen LogP contribution in [0.15, 0.2) is 18.2 Å². The third-order valence-electron chi connectivity index (χ3n) is 2.94. The molecule has 1 amide bonds. The van der Waals surface area contributed by atoms with Crippen LogP contribution < -0.4 is 11.1 Å². The molecule has 3 N–H and O–H groups in total. The first-order valence-corrected chi connectivity index (χ1v) is 5.39. The molecule has 0 radical (unpaired) electrons. The Hall–Kier alpha value is -1.42. The van der Waals surface area contributed by atoms with Crippen LogP contribution in [0.4, 0.5) is 4.39 Å². The highest BCUT2D eigenvalue weighted by atomic mass is 19.1. The Morgan fingerprint density at radius 2 is 2.25 bits per heavy atom. The van der Waals surface area contributed by atoms with Crippen LogP contribution in [0.25, 0.3) is 0 Å². The zero-order valence-corrected chi connectivity index (χ0v) is 9.16. The van der Waals surface area contributed by atoms with E-state index >= 15 is 0 Å². The molecule has 1 fully saturated rings. The van der Waals surface area contributed by atoms with Gasteiger partial charge in [-0.05, 0) is 19.4 Å². The molecule has 3 nitrogen and oxygen atoms in total. The maximum absolute atomic E-state index is 13.6. The molecule has 16 heavy (non-hydrogen) atoms. The smallest absolute Gasteiger partial charge is 0.220 e. The fraction of sp³-hybridized carbons (Fsp3) is 0.417. The summed E-state index contributed by atoms with van der Waals surface area (Å²) in [6.45, 7) is 1.89. The van der Waals surface area contributed by atoms with Gasteiger partial charge in [0.2, 0.25) is 5.91 Å². The highest BCUT2D eigenvalue weighted by Gasteiger charge is 2.28. The van der Waals surface area contributed by atoms with Crippen LogP contribution in [0, 0.1) is 12.7 Å². The minimum absolute atomic E-state index is 0.0624. The van der Waals surface area contributed by atoms with Gasteiger partial charge in [0.05, 0.1) is 6.04 Å². The molecule has 1 aromatic rings. The van der Waals surface area contributed by atoms with Gasteiger partial charge in [0.15, 0.2) is 0 Å². The van der Waals surface area contributed by atoms with E-state index in [1.54, 1.807) is 12.1 Å². The number of carbonyl (C=O) groups excluding carboxylic acids is 1. The minimum atomic E-state index is -0.402. The number of hydrogen-bond acceptors (Lipinski definition) is 2. The van der Waals surface area contributed by atoms with Gasteiger partial charge in [-0.3, -0.25) is 4.79 Å². The van der Waals surface area contributed by atoms with Crippen molar-refractivity contribution in [2.24, 2.45) is 5.73 Å². The lowest BCUT2D eigenvalue weighted by Crippen LogP contribution is -2.46. The fourth-order valence-corrected chi connectivity index (χ4v) is 2.03. The predicted octanol–water partition coefficient (Wildman–Crippen LogP) is 1.41. The summed E-state index contributed by atoms with van der Waals surface area (Å²) in [5, 5.41) is 2.75. The quantitative estimate of drug-likeness (QED) is 0.755. The number of hydrogen-bond donors (Lipinski definition) is 2. The van der Waals surface area contributed by atoms with Gasteiger partial charge in [-0.2, -0.15) is 0 Å². The van der Waals surface area contributed by atoms with Gasteiger partial charge in [-0.15, -0.1) is 0 Å². The topological polar surface area (TPSA) is 55.1 Å². The summed E-state index contributed by atoms with van der Waals surface area (Å²) in [5.41, 5.74) is 7.36. The van der Waals surface area contributed by atoms with Crippen molar-refractivity contribution < 1.29 is 9.18 Å². The number of amides is 1. The number of carbonyl (C=O) groups is 1. The van der Waals surface area contributed by atoms with Gasteiger partial charge in [-0.1, -0.05) is 17.7 Å². The molecular weight excluding hydrogens is 207 g/mol.